The minimum absolute atomic E-state index is 0.182. The molecule has 3 rings (SSSR count). The van der Waals surface area contributed by atoms with Gasteiger partial charge < -0.3 is 4.74 Å². The second kappa shape index (κ2) is 7.40. The van der Waals surface area contributed by atoms with E-state index in [0.717, 1.165) is 11.3 Å². The summed E-state index contributed by atoms with van der Waals surface area (Å²) in [6, 6.07) is 18.5. The Morgan fingerprint density at radius 2 is 1.92 bits per heavy atom. The van der Waals surface area contributed by atoms with Gasteiger partial charge in [0.2, 0.25) is 0 Å². The molecule has 0 aliphatic heterocycles. The molecule has 1 amide bonds. The molecular weight excluding hydrogens is 322 g/mol. The van der Waals surface area contributed by atoms with Crippen molar-refractivity contribution in [2.24, 2.45) is 0 Å². The molecule has 0 aliphatic rings. The van der Waals surface area contributed by atoms with E-state index >= 15 is 0 Å². The largest absolute Gasteiger partial charge is 0.482 e. The lowest BCUT2D eigenvalue weighted by Gasteiger charge is -2.06. The Hall–Kier alpha value is -3.17. The number of nitriles is 1. The van der Waals surface area contributed by atoms with E-state index < -0.39 is 0 Å². The number of nitrogens with one attached hydrogen (secondary N) is 1. The van der Waals surface area contributed by atoms with E-state index in [2.05, 4.69) is 10.3 Å². The van der Waals surface area contributed by atoms with Gasteiger partial charge in [0.1, 0.15) is 11.8 Å². The number of nitrogens with zero attached hydrogens (tertiary/aromatic N) is 2. The molecule has 24 heavy (non-hydrogen) atoms. The van der Waals surface area contributed by atoms with E-state index in [9.17, 15) is 4.79 Å². The van der Waals surface area contributed by atoms with Crippen molar-refractivity contribution in [3.8, 4) is 23.1 Å². The molecule has 0 spiro atoms. The topological polar surface area (TPSA) is 75.0 Å². The number of benzene rings is 2. The average molecular weight is 335 g/mol. The predicted octanol–water partition coefficient (Wildman–Crippen LogP) is 3.70. The highest BCUT2D eigenvalue weighted by Crippen LogP contribution is 2.24. The highest BCUT2D eigenvalue weighted by Gasteiger charge is 2.10. The SMILES string of the molecule is N#Cc1ccccc1OCC(=O)Nc1nc(-c2ccccc2)cs1. The molecule has 5 nitrogen and oxygen atoms in total. The first kappa shape index (κ1) is 15.7. The smallest absolute Gasteiger partial charge is 0.264 e. The lowest BCUT2D eigenvalue weighted by Crippen LogP contribution is -2.20. The van der Waals surface area contributed by atoms with Crippen molar-refractivity contribution in [3.05, 3.63) is 65.5 Å². The van der Waals surface area contributed by atoms with Crippen molar-refractivity contribution in [3.63, 3.8) is 0 Å². The third-order valence-electron chi connectivity index (χ3n) is 3.19. The normalized spacial score (nSPS) is 9.96. The van der Waals surface area contributed by atoms with Gasteiger partial charge in [0, 0.05) is 10.9 Å². The number of aromatic nitrogens is 1. The van der Waals surface area contributed by atoms with Gasteiger partial charge in [-0.1, -0.05) is 42.5 Å². The highest BCUT2D eigenvalue weighted by atomic mass is 32.1. The zero-order chi connectivity index (χ0) is 16.8. The summed E-state index contributed by atoms with van der Waals surface area (Å²) >= 11 is 1.35. The molecule has 1 heterocycles. The van der Waals surface area contributed by atoms with Crippen LogP contribution in [0.1, 0.15) is 5.56 Å². The molecule has 118 valence electrons. The first-order valence-corrected chi connectivity index (χ1v) is 8.07. The second-order valence-electron chi connectivity index (χ2n) is 4.85. The van der Waals surface area contributed by atoms with E-state index in [1.54, 1.807) is 24.3 Å². The minimum Gasteiger partial charge on any atom is -0.482 e. The zero-order valence-electron chi connectivity index (χ0n) is 12.6. The van der Waals surface area contributed by atoms with Gasteiger partial charge in [-0.25, -0.2) is 4.98 Å². The van der Waals surface area contributed by atoms with Crippen LogP contribution in [0.2, 0.25) is 0 Å². The molecule has 0 bridgehead atoms. The average Bonchev–Trinajstić information content (AvgIpc) is 3.09. The number of rotatable bonds is 5. The quantitative estimate of drug-likeness (QED) is 0.771. The number of anilines is 1. The summed E-state index contributed by atoms with van der Waals surface area (Å²) in [6.45, 7) is -0.182. The highest BCUT2D eigenvalue weighted by molar-refractivity contribution is 7.14. The summed E-state index contributed by atoms with van der Waals surface area (Å²) in [7, 11) is 0. The maximum atomic E-state index is 12.0. The summed E-state index contributed by atoms with van der Waals surface area (Å²) < 4.78 is 5.40. The van der Waals surface area contributed by atoms with E-state index in [0.29, 0.717) is 16.4 Å². The second-order valence-corrected chi connectivity index (χ2v) is 5.71. The lowest BCUT2D eigenvalue weighted by molar-refractivity contribution is -0.118. The zero-order valence-corrected chi connectivity index (χ0v) is 13.4. The van der Waals surface area contributed by atoms with Crippen molar-refractivity contribution in [2.45, 2.75) is 0 Å². The number of para-hydroxylation sites is 1. The Balaban J connectivity index is 1.60. The van der Waals surface area contributed by atoms with Crippen molar-refractivity contribution in [2.75, 3.05) is 11.9 Å². The Morgan fingerprint density at radius 1 is 1.17 bits per heavy atom. The van der Waals surface area contributed by atoms with E-state index in [4.69, 9.17) is 10.00 Å². The van der Waals surface area contributed by atoms with Crippen LogP contribution in [0.15, 0.2) is 60.0 Å². The summed E-state index contributed by atoms with van der Waals surface area (Å²) in [4.78, 5) is 16.4. The number of carbonyl (C=O) groups is 1. The maximum Gasteiger partial charge on any atom is 0.264 e. The summed E-state index contributed by atoms with van der Waals surface area (Å²) in [6.07, 6.45) is 0. The third kappa shape index (κ3) is 3.77. The number of hydrogen-bond donors (Lipinski definition) is 1. The molecule has 0 saturated heterocycles. The molecule has 1 N–H and O–H groups in total. The molecule has 0 saturated carbocycles. The molecule has 3 aromatic rings. The van der Waals surface area contributed by atoms with Crippen LogP contribution in [0.5, 0.6) is 5.75 Å². The standard InChI is InChI=1S/C18H13N3O2S/c19-10-14-8-4-5-9-16(14)23-11-17(22)21-18-20-15(12-24-18)13-6-2-1-3-7-13/h1-9,12H,11H2,(H,20,21,22). The van der Waals surface area contributed by atoms with Crippen LogP contribution in [0.25, 0.3) is 11.3 Å². The van der Waals surface area contributed by atoms with Crippen LogP contribution in [-0.4, -0.2) is 17.5 Å². The molecule has 0 unspecified atom stereocenters. The Kier molecular flexibility index (Phi) is 4.84. The van der Waals surface area contributed by atoms with Gasteiger partial charge in [-0.05, 0) is 12.1 Å². The molecular formula is C18H13N3O2S. The van der Waals surface area contributed by atoms with Gasteiger partial charge in [0.25, 0.3) is 5.91 Å². The van der Waals surface area contributed by atoms with Gasteiger partial charge in [0.15, 0.2) is 11.7 Å². The fraction of sp³-hybridized carbons (Fsp3) is 0.0556. The van der Waals surface area contributed by atoms with Crippen molar-refractivity contribution < 1.29 is 9.53 Å². The van der Waals surface area contributed by atoms with Crippen LogP contribution >= 0.6 is 11.3 Å². The van der Waals surface area contributed by atoms with Gasteiger partial charge >= 0.3 is 0 Å². The molecule has 0 radical (unpaired) electrons. The first-order valence-electron chi connectivity index (χ1n) is 7.19. The van der Waals surface area contributed by atoms with Gasteiger partial charge in [0.05, 0.1) is 11.3 Å². The van der Waals surface area contributed by atoms with Crippen molar-refractivity contribution >= 4 is 22.4 Å². The van der Waals surface area contributed by atoms with Crippen LogP contribution in [0.4, 0.5) is 5.13 Å². The van der Waals surface area contributed by atoms with E-state index in [1.807, 2.05) is 41.8 Å². The van der Waals surface area contributed by atoms with Gasteiger partial charge in [-0.2, -0.15) is 5.26 Å². The van der Waals surface area contributed by atoms with Gasteiger partial charge in [-0.3, -0.25) is 10.1 Å². The monoisotopic (exact) mass is 335 g/mol. The Morgan fingerprint density at radius 3 is 2.71 bits per heavy atom. The number of thiazole rings is 1. The maximum absolute atomic E-state index is 12.0. The molecule has 0 atom stereocenters. The van der Waals surface area contributed by atoms with Crippen molar-refractivity contribution in [1.29, 1.82) is 5.26 Å². The van der Waals surface area contributed by atoms with E-state index in [1.165, 1.54) is 11.3 Å². The third-order valence-corrected chi connectivity index (χ3v) is 3.94. The summed E-state index contributed by atoms with van der Waals surface area (Å²) in [5.74, 6) is 0.0657. The van der Waals surface area contributed by atoms with E-state index in [-0.39, 0.29) is 12.5 Å². The Bertz CT molecular complexity index is 885. The van der Waals surface area contributed by atoms with Crippen molar-refractivity contribution in [1.82, 2.24) is 4.98 Å². The number of hydrogen-bond acceptors (Lipinski definition) is 5. The predicted molar refractivity (Wildman–Crippen MR) is 92.8 cm³/mol. The van der Waals surface area contributed by atoms with Crippen LogP contribution in [-0.2, 0) is 4.79 Å². The van der Waals surface area contributed by atoms with Crippen LogP contribution in [0, 0.1) is 11.3 Å². The number of amides is 1. The molecule has 2 aromatic carbocycles. The molecule has 0 fully saturated rings. The van der Waals surface area contributed by atoms with Crippen LogP contribution < -0.4 is 10.1 Å². The lowest BCUT2D eigenvalue weighted by atomic mass is 10.2. The first-order chi connectivity index (χ1) is 11.8. The fourth-order valence-electron chi connectivity index (χ4n) is 2.06. The number of carbonyl (C=O) groups excluding carboxylic acids is 1. The minimum atomic E-state index is -0.322. The van der Waals surface area contributed by atoms with Gasteiger partial charge in [-0.15, -0.1) is 11.3 Å². The summed E-state index contributed by atoms with van der Waals surface area (Å²) in [5, 5.41) is 14.1. The molecule has 0 aliphatic carbocycles. The molecule has 1 aromatic heterocycles. The fourth-order valence-corrected chi connectivity index (χ4v) is 2.79. The number of ether oxygens (including phenoxy) is 1. The van der Waals surface area contributed by atoms with Crippen LogP contribution in [0.3, 0.4) is 0 Å². The summed E-state index contributed by atoms with van der Waals surface area (Å²) in [5.41, 5.74) is 2.20. The molecule has 6 heteroatoms. The Labute approximate surface area is 143 Å².